The van der Waals surface area contributed by atoms with Crippen LogP contribution in [0.15, 0.2) is 22.7 Å². The van der Waals surface area contributed by atoms with E-state index >= 15 is 0 Å². The summed E-state index contributed by atoms with van der Waals surface area (Å²) in [4.78, 5) is 11.7. The van der Waals surface area contributed by atoms with E-state index in [1.54, 1.807) is 0 Å². The summed E-state index contributed by atoms with van der Waals surface area (Å²) < 4.78 is 1.11. The molecule has 1 unspecified atom stereocenters. The van der Waals surface area contributed by atoms with Gasteiger partial charge in [0.05, 0.1) is 0 Å². The predicted octanol–water partition coefficient (Wildman–Crippen LogP) is 2.97. The minimum absolute atomic E-state index is 0. The van der Waals surface area contributed by atoms with E-state index in [2.05, 4.69) is 40.3 Å². The summed E-state index contributed by atoms with van der Waals surface area (Å²) >= 11 is 3.48. The van der Waals surface area contributed by atoms with Crippen molar-refractivity contribution in [1.29, 1.82) is 0 Å². The lowest BCUT2D eigenvalue weighted by molar-refractivity contribution is -0.121. The zero-order valence-electron chi connectivity index (χ0n) is 11.7. The van der Waals surface area contributed by atoms with Gasteiger partial charge in [0.15, 0.2) is 0 Å². The van der Waals surface area contributed by atoms with Crippen molar-refractivity contribution >= 4 is 34.2 Å². The van der Waals surface area contributed by atoms with Crippen molar-refractivity contribution in [2.45, 2.75) is 38.6 Å². The van der Waals surface area contributed by atoms with Crippen LogP contribution in [0.2, 0.25) is 0 Å². The van der Waals surface area contributed by atoms with Crippen molar-refractivity contribution in [1.82, 2.24) is 5.32 Å². The molecule has 0 spiro atoms. The molecule has 2 rings (SSSR count). The number of nitrogens with two attached hydrogens (primary N) is 1. The van der Waals surface area contributed by atoms with Crippen LogP contribution >= 0.6 is 28.3 Å². The second-order valence-corrected chi connectivity index (χ2v) is 6.24. The highest BCUT2D eigenvalue weighted by Gasteiger charge is 2.28. The van der Waals surface area contributed by atoms with Gasteiger partial charge in [-0.25, -0.2) is 0 Å². The van der Waals surface area contributed by atoms with Gasteiger partial charge in [0.1, 0.15) is 0 Å². The van der Waals surface area contributed by atoms with Crippen LogP contribution in [0.5, 0.6) is 0 Å². The number of carbonyl (C=O) groups is 1. The average Bonchev–Trinajstić information content (AvgIpc) is 3.21. The van der Waals surface area contributed by atoms with E-state index in [9.17, 15) is 4.79 Å². The monoisotopic (exact) mass is 360 g/mol. The third-order valence-electron chi connectivity index (χ3n) is 3.63. The van der Waals surface area contributed by atoms with Crippen molar-refractivity contribution < 1.29 is 4.79 Å². The van der Waals surface area contributed by atoms with Gasteiger partial charge in [-0.3, -0.25) is 4.79 Å². The van der Waals surface area contributed by atoms with Gasteiger partial charge in [-0.1, -0.05) is 28.1 Å². The molecule has 3 N–H and O–H groups in total. The molecule has 1 atom stereocenters. The maximum atomic E-state index is 11.7. The minimum atomic E-state index is 0. The quantitative estimate of drug-likeness (QED) is 0.818. The fourth-order valence-corrected chi connectivity index (χ4v) is 2.38. The summed E-state index contributed by atoms with van der Waals surface area (Å²) in [6.45, 7) is 2.67. The molecule has 0 aromatic heterocycles. The van der Waals surface area contributed by atoms with Crippen LogP contribution in [0.3, 0.4) is 0 Å². The number of amides is 1. The minimum Gasteiger partial charge on any atom is -0.355 e. The Morgan fingerprint density at radius 3 is 2.80 bits per heavy atom. The second kappa shape index (κ2) is 8.01. The second-order valence-electron chi connectivity index (χ2n) is 5.39. The lowest BCUT2D eigenvalue weighted by atomic mass is 10.1. The van der Waals surface area contributed by atoms with Crippen LogP contribution in [0.1, 0.15) is 30.4 Å². The summed E-state index contributed by atoms with van der Waals surface area (Å²) in [5, 5.41) is 2.93. The summed E-state index contributed by atoms with van der Waals surface area (Å²) in [5.74, 6) is 0.728. The maximum Gasteiger partial charge on any atom is 0.220 e. The number of hydrogen-bond acceptors (Lipinski definition) is 2. The van der Waals surface area contributed by atoms with Crippen molar-refractivity contribution in [3.63, 3.8) is 0 Å². The molecule has 0 bridgehead atoms. The van der Waals surface area contributed by atoms with Crippen LogP contribution in [-0.4, -0.2) is 18.5 Å². The molecule has 1 aliphatic carbocycles. The van der Waals surface area contributed by atoms with Crippen molar-refractivity contribution in [2.24, 2.45) is 11.7 Å². The van der Waals surface area contributed by atoms with Crippen LogP contribution in [-0.2, 0) is 11.2 Å². The molecule has 0 aliphatic heterocycles. The third kappa shape index (κ3) is 5.43. The number of hydrogen-bond donors (Lipinski definition) is 2. The molecule has 5 heteroatoms. The Hall–Kier alpha value is -0.580. The van der Waals surface area contributed by atoms with Gasteiger partial charge in [0, 0.05) is 23.5 Å². The number of halogens is 2. The first-order chi connectivity index (χ1) is 9.06. The number of nitrogens with one attached hydrogen (secondary N) is 1. The van der Waals surface area contributed by atoms with Crippen LogP contribution in [0.4, 0.5) is 0 Å². The first-order valence-electron chi connectivity index (χ1n) is 6.83. The zero-order chi connectivity index (χ0) is 13.8. The topological polar surface area (TPSA) is 55.1 Å². The molecule has 1 aromatic carbocycles. The fourth-order valence-electron chi connectivity index (χ4n) is 2.13. The van der Waals surface area contributed by atoms with Crippen molar-refractivity contribution in [3.05, 3.63) is 33.8 Å². The Balaban J connectivity index is 0.00000200. The van der Waals surface area contributed by atoms with E-state index in [-0.39, 0.29) is 24.4 Å². The van der Waals surface area contributed by atoms with E-state index in [1.165, 1.54) is 24.0 Å². The van der Waals surface area contributed by atoms with Crippen LogP contribution in [0.25, 0.3) is 0 Å². The van der Waals surface area contributed by atoms with Gasteiger partial charge < -0.3 is 11.1 Å². The Morgan fingerprint density at radius 2 is 2.20 bits per heavy atom. The molecule has 0 saturated heterocycles. The molecule has 1 fully saturated rings. The molecular formula is C15H22BrClN2O. The first kappa shape index (κ1) is 17.5. The van der Waals surface area contributed by atoms with Crippen LogP contribution in [0, 0.1) is 12.8 Å². The molecule has 3 nitrogen and oxygen atoms in total. The van der Waals surface area contributed by atoms with E-state index < -0.39 is 0 Å². The van der Waals surface area contributed by atoms with Crippen LogP contribution < -0.4 is 11.1 Å². The molecule has 112 valence electrons. The summed E-state index contributed by atoms with van der Waals surface area (Å²) in [5.41, 5.74) is 8.35. The third-order valence-corrected chi connectivity index (χ3v) is 4.52. The highest BCUT2D eigenvalue weighted by Crippen LogP contribution is 2.31. The number of benzene rings is 1. The van der Waals surface area contributed by atoms with E-state index in [0.717, 1.165) is 10.9 Å². The standard InChI is InChI=1S/C15H21BrN2O.ClH/c1-10-8-11(2-6-13(10)16)3-7-15(19)18-9-14(17)12-4-5-12;/h2,6,8,12,14H,3-5,7,9,17H2,1H3,(H,18,19);1H. The molecule has 1 amide bonds. The van der Waals surface area contributed by atoms with Gasteiger partial charge in [-0.15, -0.1) is 12.4 Å². The predicted molar refractivity (Wildman–Crippen MR) is 88.2 cm³/mol. The molecule has 20 heavy (non-hydrogen) atoms. The van der Waals surface area contributed by atoms with Gasteiger partial charge in [-0.2, -0.15) is 0 Å². The molecule has 0 heterocycles. The summed E-state index contributed by atoms with van der Waals surface area (Å²) in [7, 11) is 0. The summed E-state index contributed by atoms with van der Waals surface area (Å²) in [6.07, 6.45) is 3.74. The van der Waals surface area contributed by atoms with Gasteiger partial charge >= 0.3 is 0 Å². The lowest BCUT2D eigenvalue weighted by Crippen LogP contribution is -2.38. The van der Waals surface area contributed by atoms with Gasteiger partial charge in [0.2, 0.25) is 5.91 Å². The number of carbonyl (C=O) groups excluding carboxylic acids is 1. The van der Waals surface area contributed by atoms with E-state index in [0.29, 0.717) is 18.9 Å². The Labute approximate surface area is 135 Å². The molecule has 1 aromatic rings. The number of aryl methyl sites for hydroxylation is 2. The smallest absolute Gasteiger partial charge is 0.220 e. The van der Waals surface area contributed by atoms with Crippen molar-refractivity contribution in [3.8, 4) is 0 Å². The van der Waals surface area contributed by atoms with Gasteiger partial charge in [0.25, 0.3) is 0 Å². The average molecular weight is 362 g/mol. The number of rotatable bonds is 6. The summed E-state index contributed by atoms with van der Waals surface area (Å²) in [6, 6.07) is 6.35. The highest BCUT2D eigenvalue weighted by atomic mass is 79.9. The first-order valence-corrected chi connectivity index (χ1v) is 7.63. The maximum absolute atomic E-state index is 11.7. The SMILES string of the molecule is Cc1cc(CCC(=O)NCC(N)C2CC2)ccc1Br.Cl. The van der Waals surface area contributed by atoms with E-state index in [1.807, 2.05) is 6.07 Å². The molecule has 1 aliphatic rings. The normalized spacial score (nSPS) is 15.3. The van der Waals surface area contributed by atoms with Gasteiger partial charge in [-0.05, 0) is 49.3 Å². The lowest BCUT2D eigenvalue weighted by Gasteiger charge is -2.11. The molecular weight excluding hydrogens is 340 g/mol. The highest BCUT2D eigenvalue weighted by molar-refractivity contribution is 9.10. The Bertz CT molecular complexity index is 463. The molecule has 0 radical (unpaired) electrons. The fraction of sp³-hybridized carbons (Fsp3) is 0.533. The Kier molecular flexibility index (Phi) is 7.00. The zero-order valence-corrected chi connectivity index (χ0v) is 14.1. The van der Waals surface area contributed by atoms with Crippen molar-refractivity contribution in [2.75, 3.05) is 6.54 Å². The van der Waals surface area contributed by atoms with E-state index in [4.69, 9.17) is 5.73 Å². The largest absolute Gasteiger partial charge is 0.355 e. The molecule has 1 saturated carbocycles. The Morgan fingerprint density at radius 1 is 1.50 bits per heavy atom.